The monoisotopic (exact) mass is 204 g/mol. The van der Waals surface area contributed by atoms with Gasteiger partial charge in [0.15, 0.2) is 0 Å². The van der Waals surface area contributed by atoms with Crippen LogP contribution in [0, 0.1) is 6.92 Å². The smallest absolute Gasteiger partial charge is 0.338 e. The number of hydrogen-bond donors (Lipinski definition) is 0. The molecular weight excluding hydrogens is 188 g/mol. The van der Waals surface area contributed by atoms with Gasteiger partial charge in [0.1, 0.15) is 0 Å². The fraction of sp³-hybridized carbons (Fsp3) is 0.308. The number of carbonyl (C=O) groups is 1. The molecule has 0 aromatic heterocycles. The van der Waals surface area contributed by atoms with Crippen molar-refractivity contribution in [1.82, 2.24) is 0 Å². The Hall–Kier alpha value is -1.57. The lowest BCUT2D eigenvalue weighted by Crippen LogP contribution is -2.06. The highest BCUT2D eigenvalue weighted by atomic mass is 16.5. The predicted octanol–water partition coefficient (Wildman–Crippen LogP) is 2.96. The Kier molecular flexibility index (Phi) is 4.10. The Morgan fingerprint density at radius 3 is 2.40 bits per heavy atom. The van der Waals surface area contributed by atoms with E-state index in [0.29, 0.717) is 12.2 Å². The van der Waals surface area contributed by atoms with Crippen LogP contribution in [0.15, 0.2) is 30.3 Å². The van der Waals surface area contributed by atoms with E-state index in [2.05, 4.69) is 0 Å². The number of esters is 1. The van der Waals surface area contributed by atoms with Crippen LogP contribution < -0.4 is 0 Å². The summed E-state index contributed by atoms with van der Waals surface area (Å²) in [5.41, 5.74) is 2.71. The molecule has 1 aromatic carbocycles. The summed E-state index contributed by atoms with van der Waals surface area (Å²) in [4.78, 5) is 11.6. The van der Waals surface area contributed by atoms with Gasteiger partial charge in [-0.1, -0.05) is 35.9 Å². The fourth-order valence-corrected chi connectivity index (χ4v) is 1.34. The number of carbonyl (C=O) groups excluding carboxylic acids is 1. The normalized spacial score (nSPS) is 11.3. The highest BCUT2D eigenvalue weighted by Crippen LogP contribution is 2.16. The SMILES string of the molecule is C/C=C(/C(=O)OCC)c1ccc(C)cc1. The molecule has 0 atom stereocenters. The maximum atomic E-state index is 11.6. The topological polar surface area (TPSA) is 26.3 Å². The summed E-state index contributed by atoms with van der Waals surface area (Å²) < 4.78 is 4.97. The van der Waals surface area contributed by atoms with Crippen LogP contribution in [0.5, 0.6) is 0 Å². The molecule has 0 saturated heterocycles. The number of ether oxygens (including phenoxy) is 1. The zero-order valence-electron chi connectivity index (χ0n) is 9.41. The summed E-state index contributed by atoms with van der Waals surface area (Å²) >= 11 is 0. The number of aryl methyl sites for hydroxylation is 1. The second-order valence-electron chi connectivity index (χ2n) is 3.29. The summed E-state index contributed by atoms with van der Waals surface area (Å²) in [6, 6.07) is 7.83. The van der Waals surface area contributed by atoms with Gasteiger partial charge in [-0.05, 0) is 26.3 Å². The molecule has 0 bridgehead atoms. The van der Waals surface area contributed by atoms with Gasteiger partial charge >= 0.3 is 5.97 Å². The van der Waals surface area contributed by atoms with E-state index in [1.54, 1.807) is 13.0 Å². The maximum Gasteiger partial charge on any atom is 0.338 e. The first-order valence-electron chi connectivity index (χ1n) is 5.09. The van der Waals surface area contributed by atoms with Crippen LogP contribution in [0.4, 0.5) is 0 Å². The average molecular weight is 204 g/mol. The summed E-state index contributed by atoms with van der Waals surface area (Å²) in [6.07, 6.45) is 1.78. The number of benzene rings is 1. The van der Waals surface area contributed by atoms with Crippen LogP contribution in [-0.2, 0) is 9.53 Å². The molecule has 0 N–H and O–H groups in total. The standard InChI is InChI=1S/C13H16O2/c1-4-12(13(14)15-5-2)11-8-6-10(3)7-9-11/h4,6-9H,5H2,1-3H3/b12-4+. The van der Waals surface area contributed by atoms with Crippen molar-refractivity contribution < 1.29 is 9.53 Å². The van der Waals surface area contributed by atoms with Crippen LogP contribution in [-0.4, -0.2) is 12.6 Å². The number of hydrogen-bond acceptors (Lipinski definition) is 2. The van der Waals surface area contributed by atoms with E-state index in [1.165, 1.54) is 5.56 Å². The summed E-state index contributed by atoms with van der Waals surface area (Å²) in [6.45, 7) is 6.07. The van der Waals surface area contributed by atoms with Crippen molar-refractivity contribution in [2.45, 2.75) is 20.8 Å². The molecule has 80 valence electrons. The maximum absolute atomic E-state index is 11.6. The van der Waals surface area contributed by atoms with E-state index < -0.39 is 0 Å². The van der Waals surface area contributed by atoms with Crippen LogP contribution in [0.3, 0.4) is 0 Å². The van der Waals surface area contributed by atoms with Crippen molar-refractivity contribution in [3.05, 3.63) is 41.5 Å². The average Bonchev–Trinajstić information content (AvgIpc) is 2.22. The molecule has 0 amide bonds. The largest absolute Gasteiger partial charge is 0.462 e. The van der Waals surface area contributed by atoms with Gasteiger partial charge in [0.25, 0.3) is 0 Å². The Labute approximate surface area is 90.6 Å². The first-order chi connectivity index (χ1) is 7.19. The lowest BCUT2D eigenvalue weighted by molar-refractivity contribution is -0.136. The molecule has 0 fully saturated rings. The lowest BCUT2D eigenvalue weighted by Gasteiger charge is -2.06. The highest BCUT2D eigenvalue weighted by Gasteiger charge is 2.11. The third-order valence-corrected chi connectivity index (χ3v) is 2.15. The van der Waals surface area contributed by atoms with Crippen molar-refractivity contribution in [1.29, 1.82) is 0 Å². The van der Waals surface area contributed by atoms with Crippen molar-refractivity contribution in [2.24, 2.45) is 0 Å². The van der Waals surface area contributed by atoms with Crippen molar-refractivity contribution in [3.63, 3.8) is 0 Å². The van der Waals surface area contributed by atoms with E-state index >= 15 is 0 Å². The molecule has 2 nitrogen and oxygen atoms in total. The molecule has 15 heavy (non-hydrogen) atoms. The van der Waals surface area contributed by atoms with Gasteiger partial charge in [0, 0.05) is 0 Å². The third kappa shape index (κ3) is 2.94. The van der Waals surface area contributed by atoms with E-state index in [-0.39, 0.29) is 5.97 Å². The van der Waals surface area contributed by atoms with Crippen LogP contribution in [0.25, 0.3) is 5.57 Å². The zero-order chi connectivity index (χ0) is 11.3. The van der Waals surface area contributed by atoms with Crippen LogP contribution in [0.1, 0.15) is 25.0 Å². The molecule has 0 radical (unpaired) electrons. The van der Waals surface area contributed by atoms with Crippen molar-refractivity contribution in [3.8, 4) is 0 Å². The molecule has 0 spiro atoms. The van der Waals surface area contributed by atoms with Gasteiger partial charge in [0.2, 0.25) is 0 Å². The van der Waals surface area contributed by atoms with E-state index in [0.717, 1.165) is 5.56 Å². The van der Waals surface area contributed by atoms with Crippen molar-refractivity contribution in [2.75, 3.05) is 6.61 Å². The first-order valence-corrected chi connectivity index (χ1v) is 5.09. The Bertz CT molecular complexity index is 361. The van der Waals surface area contributed by atoms with Gasteiger partial charge < -0.3 is 4.74 Å². The van der Waals surface area contributed by atoms with Gasteiger partial charge in [0.05, 0.1) is 12.2 Å². The van der Waals surface area contributed by atoms with E-state index in [1.807, 2.05) is 38.1 Å². The van der Waals surface area contributed by atoms with Gasteiger partial charge in [-0.3, -0.25) is 0 Å². The van der Waals surface area contributed by atoms with Gasteiger partial charge in [-0.2, -0.15) is 0 Å². The minimum atomic E-state index is -0.260. The molecular formula is C13H16O2. The summed E-state index contributed by atoms with van der Waals surface area (Å²) in [7, 11) is 0. The second-order valence-corrected chi connectivity index (χ2v) is 3.29. The molecule has 0 aliphatic heterocycles. The molecule has 0 unspecified atom stereocenters. The Morgan fingerprint density at radius 2 is 1.93 bits per heavy atom. The van der Waals surface area contributed by atoms with E-state index in [4.69, 9.17) is 4.74 Å². The zero-order valence-corrected chi connectivity index (χ0v) is 9.41. The van der Waals surface area contributed by atoms with Crippen LogP contribution in [0.2, 0.25) is 0 Å². The van der Waals surface area contributed by atoms with E-state index in [9.17, 15) is 4.79 Å². The Morgan fingerprint density at radius 1 is 1.33 bits per heavy atom. The lowest BCUT2D eigenvalue weighted by atomic mass is 10.0. The molecule has 0 aliphatic rings. The summed E-state index contributed by atoms with van der Waals surface area (Å²) in [5.74, 6) is -0.260. The highest BCUT2D eigenvalue weighted by molar-refractivity contribution is 6.16. The van der Waals surface area contributed by atoms with Gasteiger partial charge in [-0.15, -0.1) is 0 Å². The second kappa shape index (κ2) is 5.35. The first kappa shape index (κ1) is 11.5. The molecule has 0 heterocycles. The minimum absolute atomic E-state index is 0.260. The van der Waals surface area contributed by atoms with Crippen LogP contribution >= 0.6 is 0 Å². The molecule has 0 saturated carbocycles. The quantitative estimate of drug-likeness (QED) is 0.559. The number of allylic oxidation sites excluding steroid dienone is 1. The molecule has 1 rings (SSSR count). The third-order valence-electron chi connectivity index (χ3n) is 2.15. The van der Waals surface area contributed by atoms with Gasteiger partial charge in [-0.25, -0.2) is 4.79 Å². The van der Waals surface area contributed by atoms with Crippen molar-refractivity contribution >= 4 is 11.5 Å². The predicted molar refractivity (Wildman–Crippen MR) is 61.5 cm³/mol. The number of rotatable bonds is 3. The molecule has 2 heteroatoms. The summed E-state index contributed by atoms with van der Waals surface area (Å²) in [5, 5.41) is 0. The molecule has 1 aromatic rings. The fourth-order valence-electron chi connectivity index (χ4n) is 1.34. The Balaban J connectivity index is 2.94. The molecule has 0 aliphatic carbocycles. The minimum Gasteiger partial charge on any atom is -0.462 e.